The van der Waals surface area contributed by atoms with Gasteiger partial charge in [0.2, 0.25) is 0 Å². The zero-order valence-corrected chi connectivity index (χ0v) is 21.7. The molecule has 0 aliphatic heterocycles. The molecule has 0 aromatic heterocycles. The van der Waals surface area contributed by atoms with Crippen molar-refractivity contribution in [3.05, 3.63) is 33.4 Å². The van der Waals surface area contributed by atoms with Gasteiger partial charge in [0.05, 0.1) is 10.2 Å². The molecule has 1 N–H and O–H groups in total. The number of carboxylic acids is 1. The Kier molecular flexibility index (Phi) is 17.7. The largest absolute Gasteiger partial charge is 0.492 e. The average molecular weight is 543 g/mol. The van der Waals surface area contributed by atoms with Gasteiger partial charge in [0, 0.05) is 6.08 Å². The summed E-state index contributed by atoms with van der Waals surface area (Å²) in [5.41, 5.74) is 0.876. The van der Waals surface area contributed by atoms with Crippen LogP contribution in [-0.2, 0) is 4.79 Å². The van der Waals surface area contributed by atoms with Crippen molar-refractivity contribution in [1.29, 1.82) is 0 Å². The summed E-state index contributed by atoms with van der Waals surface area (Å²) in [5, 5.41) is 8.70. The molecule has 3 nitrogen and oxygen atoms in total. The van der Waals surface area contributed by atoms with Crippen LogP contribution in [0.3, 0.4) is 0 Å². The van der Waals surface area contributed by atoms with E-state index >= 15 is 0 Å². The van der Waals surface area contributed by atoms with Crippen molar-refractivity contribution < 1.29 is 14.6 Å². The second-order valence-corrected chi connectivity index (χ2v) is 9.68. The molecule has 0 aliphatic rings. The number of ether oxygens (including phenoxy) is 1. The predicted octanol–water partition coefficient (Wildman–Crippen LogP) is 9.03. The summed E-state index contributed by atoms with van der Waals surface area (Å²) in [6, 6.07) is 5.77. The third-order valence-corrected chi connectivity index (χ3v) is 6.47. The van der Waals surface area contributed by atoms with Gasteiger partial charge < -0.3 is 9.84 Å². The zero-order valence-electron chi connectivity index (χ0n) is 19.5. The van der Waals surface area contributed by atoms with Crippen LogP contribution < -0.4 is 4.74 Å². The summed E-state index contributed by atoms with van der Waals surface area (Å²) in [6.45, 7) is 3.03. The summed E-state index contributed by atoms with van der Waals surface area (Å²) in [4.78, 5) is 10.6. The number of halogens is 1. The van der Waals surface area contributed by atoms with Gasteiger partial charge in [-0.2, -0.15) is 0 Å². The van der Waals surface area contributed by atoms with Gasteiger partial charge in [-0.1, -0.05) is 109 Å². The van der Waals surface area contributed by atoms with Crippen LogP contribution >= 0.6 is 22.6 Å². The fourth-order valence-electron chi connectivity index (χ4n) is 3.74. The van der Waals surface area contributed by atoms with Crippen molar-refractivity contribution in [2.45, 2.75) is 110 Å². The molecule has 0 aliphatic carbocycles. The van der Waals surface area contributed by atoms with Gasteiger partial charge in [0.25, 0.3) is 0 Å². The molecule has 4 heteroatoms. The predicted molar refractivity (Wildman–Crippen MR) is 141 cm³/mol. The summed E-state index contributed by atoms with van der Waals surface area (Å²) in [6.07, 6.45) is 24.7. The number of carboxylic acid groups (broad SMARTS) is 1. The van der Waals surface area contributed by atoms with E-state index in [4.69, 9.17) is 9.84 Å². The standard InChI is InChI=1S/C27H43IO3/c1-2-3-4-5-6-7-8-9-10-11-12-13-14-15-16-17-22-31-26-20-18-24(23-25(26)28)19-21-27(29)30/h18-21,23H,2-17,22H2,1H3,(H,29,30)/b21-19+. The number of hydrogen-bond acceptors (Lipinski definition) is 2. The molecule has 0 saturated carbocycles. The minimum absolute atomic E-state index is 0.749. The molecule has 0 spiro atoms. The van der Waals surface area contributed by atoms with Crippen molar-refractivity contribution in [2.24, 2.45) is 0 Å². The Labute approximate surface area is 204 Å². The molecule has 176 valence electrons. The van der Waals surface area contributed by atoms with Crippen molar-refractivity contribution in [3.8, 4) is 5.75 Å². The van der Waals surface area contributed by atoms with Crippen molar-refractivity contribution >= 4 is 34.6 Å². The molecule has 0 amide bonds. The van der Waals surface area contributed by atoms with Crippen molar-refractivity contribution in [1.82, 2.24) is 0 Å². The van der Waals surface area contributed by atoms with Crippen molar-refractivity contribution in [3.63, 3.8) is 0 Å². The second kappa shape index (κ2) is 19.6. The Morgan fingerprint density at radius 1 is 0.839 bits per heavy atom. The molecule has 1 rings (SSSR count). The molecule has 0 atom stereocenters. The molecule has 0 radical (unpaired) electrons. The van der Waals surface area contributed by atoms with Crippen LogP contribution in [0.25, 0.3) is 6.08 Å². The fourth-order valence-corrected chi connectivity index (χ4v) is 4.43. The first kappa shape index (κ1) is 28.0. The number of aliphatic carboxylic acids is 1. The Bertz CT molecular complexity index is 612. The van der Waals surface area contributed by atoms with Crippen LogP contribution in [0.2, 0.25) is 0 Å². The second-order valence-electron chi connectivity index (χ2n) is 8.51. The molecular weight excluding hydrogens is 499 g/mol. The fraction of sp³-hybridized carbons (Fsp3) is 0.667. The Morgan fingerprint density at radius 2 is 1.32 bits per heavy atom. The van der Waals surface area contributed by atoms with E-state index in [2.05, 4.69) is 29.5 Å². The van der Waals surface area contributed by atoms with Crippen molar-refractivity contribution in [2.75, 3.05) is 6.61 Å². The van der Waals surface area contributed by atoms with Crippen LogP contribution in [0.1, 0.15) is 115 Å². The van der Waals surface area contributed by atoms with E-state index in [0.717, 1.165) is 34.0 Å². The Morgan fingerprint density at radius 3 is 1.77 bits per heavy atom. The highest BCUT2D eigenvalue weighted by molar-refractivity contribution is 14.1. The molecular formula is C27H43IO3. The summed E-state index contributed by atoms with van der Waals surface area (Å²) >= 11 is 2.24. The summed E-state index contributed by atoms with van der Waals surface area (Å²) < 4.78 is 6.90. The molecule has 0 bridgehead atoms. The highest BCUT2D eigenvalue weighted by Gasteiger charge is 2.02. The first-order chi connectivity index (χ1) is 15.1. The first-order valence-electron chi connectivity index (χ1n) is 12.5. The topological polar surface area (TPSA) is 46.5 Å². The minimum atomic E-state index is -0.932. The summed E-state index contributed by atoms with van der Waals surface area (Å²) in [5.74, 6) is -0.0483. The minimum Gasteiger partial charge on any atom is -0.492 e. The van der Waals surface area contributed by atoms with E-state index in [0.29, 0.717) is 0 Å². The molecule has 1 aromatic rings. The number of rotatable bonds is 20. The van der Waals surface area contributed by atoms with Gasteiger partial charge in [-0.25, -0.2) is 4.79 Å². The van der Waals surface area contributed by atoms with Crippen LogP contribution in [0.4, 0.5) is 0 Å². The highest BCUT2D eigenvalue weighted by atomic mass is 127. The lowest BCUT2D eigenvalue weighted by Crippen LogP contribution is -1.99. The number of carbonyl (C=O) groups is 1. The van der Waals surface area contributed by atoms with Crippen LogP contribution in [0.15, 0.2) is 24.3 Å². The lowest BCUT2D eigenvalue weighted by Gasteiger charge is -2.09. The summed E-state index contributed by atoms with van der Waals surface area (Å²) in [7, 11) is 0. The van der Waals surface area contributed by atoms with E-state index in [9.17, 15) is 4.79 Å². The maximum atomic E-state index is 10.6. The maximum Gasteiger partial charge on any atom is 0.328 e. The lowest BCUT2D eigenvalue weighted by atomic mass is 10.0. The van der Waals surface area contributed by atoms with Gasteiger partial charge in [-0.3, -0.25) is 0 Å². The van der Waals surface area contributed by atoms with Gasteiger partial charge in [-0.15, -0.1) is 0 Å². The average Bonchev–Trinajstić information content (AvgIpc) is 2.75. The van der Waals surface area contributed by atoms with Crippen LogP contribution in [0.5, 0.6) is 5.75 Å². The monoisotopic (exact) mass is 542 g/mol. The first-order valence-corrected chi connectivity index (χ1v) is 13.5. The van der Waals surface area contributed by atoms with Gasteiger partial charge in [-0.05, 0) is 52.8 Å². The molecule has 0 heterocycles. The molecule has 1 aromatic carbocycles. The molecule has 0 saturated heterocycles. The molecule has 31 heavy (non-hydrogen) atoms. The van der Waals surface area contributed by atoms with E-state index in [-0.39, 0.29) is 0 Å². The Hall–Kier alpha value is -1.04. The molecule has 0 fully saturated rings. The number of benzene rings is 1. The van der Waals surface area contributed by atoms with E-state index in [1.807, 2.05) is 18.2 Å². The lowest BCUT2D eigenvalue weighted by molar-refractivity contribution is -0.131. The maximum absolute atomic E-state index is 10.6. The smallest absolute Gasteiger partial charge is 0.328 e. The Balaban J connectivity index is 1.91. The number of unbranched alkanes of at least 4 members (excludes halogenated alkanes) is 15. The quantitative estimate of drug-likeness (QED) is 0.102. The van der Waals surface area contributed by atoms with Crippen LogP contribution in [-0.4, -0.2) is 17.7 Å². The highest BCUT2D eigenvalue weighted by Crippen LogP contribution is 2.23. The van der Waals surface area contributed by atoms with E-state index in [1.165, 1.54) is 96.3 Å². The van der Waals surface area contributed by atoms with E-state index in [1.54, 1.807) is 6.08 Å². The zero-order chi connectivity index (χ0) is 22.6. The normalized spacial score (nSPS) is 11.3. The van der Waals surface area contributed by atoms with Gasteiger partial charge >= 0.3 is 5.97 Å². The van der Waals surface area contributed by atoms with Gasteiger partial charge in [0.1, 0.15) is 5.75 Å². The van der Waals surface area contributed by atoms with Gasteiger partial charge in [0.15, 0.2) is 0 Å². The number of hydrogen-bond donors (Lipinski definition) is 1. The van der Waals surface area contributed by atoms with Crippen LogP contribution in [0, 0.1) is 3.57 Å². The third kappa shape index (κ3) is 16.3. The van der Waals surface area contributed by atoms with E-state index < -0.39 is 5.97 Å². The third-order valence-electron chi connectivity index (χ3n) is 5.63. The SMILES string of the molecule is CCCCCCCCCCCCCCCCCCOc1ccc(/C=C/C(=O)O)cc1I. The molecule has 0 unspecified atom stereocenters.